The van der Waals surface area contributed by atoms with E-state index in [4.69, 9.17) is 10.4 Å². The monoisotopic (exact) mass is 252 g/mol. The Morgan fingerprint density at radius 1 is 1.21 bits per heavy atom. The highest BCUT2D eigenvalue weighted by Crippen LogP contribution is 2.27. The Labute approximate surface area is 111 Å². The van der Waals surface area contributed by atoms with E-state index in [0.29, 0.717) is 11.3 Å². The third kappa shape index (κ3) is 2.55. The first-order chi connectivity index (χ1) is 9.13. The van der Waals surface area contributed by atoms with Crippen LogP contribution in [0.3, 0.4) is 0 Å². The summed E-state index contributed by atoms with van der Waals surface area (Å²) >= 11 is 0. The van der Waals surface area contributed by atoms with Gasteiger partial charge in [0.25, 0.3) is 0 Å². The van der Waals surface area contributed by atoms with Crippen LogP contribution in [0.25, 0.3) is 0 Å². The van der Waals surface area contributed by atoms with Crippen LogP contribution in [0.4, 0.5) is 11.4 Å². The van der Waals surface area contributed by atoms with Crippen LogP contribution in [0, 0.1) is 11.3 Å². The van der Waals surface area contributed by atoms with Gasteiger partial charge in [0.15, 0.2) is 0 Å². The van der Waals surface area contributed by atoms with Gasteiger partial charge in [0.2, 0.25) is 0 Å². The molecule has 0 bridgehead atoms. The van der Waals surface area contributed by atoms with Gasteiger partial charge in [0.1, 0.15) is 6.07 Å². The fourth-order valence-corrected chi connectivity index (χ4v) is 1.84. The zero-order chi connectivity index (χ0) is 13.8. The number of aromatic carboxylic acids is 1. The normalized spacial score (nSPS) is 9.68. The summed E-state index contributed by atoms with van der Waals surface area (Å²) in [5.74, 6) is -1.04. The molecule has 0 unspecified atom stereocenters. The van der Waals surface area contributed by atoms with Crippen LogP contribution in [-0.2, 0) is 0 Å². The number of carbonyl (C=O) groups is 1. The van der Waals surface area contributed by atoms with Crippen LogP contribution >= 0.6 is 0 Å². The minimum Gasteiger partial charge on any atom is -0.478 e. The first kappa shape index (κ1) is 12.7. The number of carboxylic acids is 1. The average Bonchev–Trinajstić information content (AvgIpc) is 2.46. The standard InChI is InChI=1S/C15H12N2O2/c1-17(13-5-3-2-4-6-13)14-8-7-11(15(18)19)9-12(14)10-16/h2-9H,1H3,(H,18,19). The molecule has 2 rings (SSSR count). The number of para-hydroxylation sites is 1. The van der Waals surface area contributed by atoms with E-state index >= 15 is 0 Å². The third-order valence-electron chi connectivity index (χ3n) is 2.87. The lowest BCUT2D eigenvalue weighted by Crippen LogP contribution is -2.11. The molecule has 0 atom stereocenters. The Bertz CT molecular complexity index is 645. The molecular weight excluding hydrogens is 240 g/mol. The van der Waals surface area contributed by atoms with Gasteiger partial charge in [-0.1, -0.05) is 18.2 Å². The molecule has 0 saturated heterocycles. The number of carboxylic acid groups (broad SMARTS) is 1. The van der Waals surface area contributed by atoms with Crippen LogP contribution in [0.2, 0.25) is 0 Å². The van der Waals surface area contributed by atoms with E-state index in [1.54, 1.807) is 6.07 Å². The van der Waals surface area contributed by atoms with Gasteiger partial charge < -0.3 is 10.0 Å². The van der Waals surface area contributed by atoms with Crippen molar-refractivity contribution in [2.75, 3.05) is 11.9 Å². The Balaban J connectivity index is 2.46. The molecule has 0 radical (unpaired) electrons. The van der Waals surface area contributed by atoms with Gasteiger partial charge in [-0.15, -0.1) is 0 Å². The molecule has 0 amide bonds. The van der Waals surface area contributed by atoms with Gasteiger partial charge in [-0.25, -0.2) is 4.79 Å². The van der Waals surface area contributed by atoms with Gasteiger partial charge in [-0.3, -0.25) is 0 Å². The van der Waals surface area contributed by atoms with Crippen molar-refractivity contribution < 1.29 is 9.90 Å². The molecule has 2 aromatic rings. The molecule has 2 aromatic carbocycles. The zero-order valence-electron chi connectivity index (χ0n) is 10.4. The fraction of sp³-hybridized carbons (Fsp3) is 0.0667. The van der Waals surface area contributed by atoms with Crippen molar-refractivity contribution in [1.82, 2.24) is 0 Å². The maximum Gasteiger partial charge on any atom is 0.335 e. The van der Waals surface area contributed by atoms with E-state index in [9.17, 15) is 4.79 Å². The third-order valence-corrected chi connectivity index (χ3v) is 2.87. The highest BCUT2D eigenvalue weighted by atomic mass is 16.4. The topological polar surface area (TPSA) is 64.3 Å². The Morgan fingerprint density at radius 3 is 2.47 bits per heavy atom. The Hall–Kier alpha value is -2.80. The summed E-state index contributed by atoms with van der Waals surface area (Å²) in [6, 6.07) is 16.1. The number of hydrogen-bond acceptors (Lipinski definition) is 3. The minimum atomic E-state index is -1.04. The maximum absolute atomic E-state index is 10.9. The van der Waals surface area contributed by atoms with Gasteiger partial charge in [-0.05, 0) is 30.3 Å². The average molecular weight is 252 g/mol. The first-order valence-electron chi connectivity index (χ1n) is 5.69. The highest BCUT2D eigenvalue weighted by Gasteiger charge is 2.12. The second kappa shape index (κ2) is 5.23. The molecule has 0 aliphatic heterocycles. The van der Waals surface area contributed by atoms with Crippen LogP contribution in [-0.4, -0.2) is 18.1 Å². The van der Waals surface area contributed by atoms with E-state index in [1.165, 1.54) is 12.1 Å². The number of benzene rings is 2. The number of nitriles is 1. The van der Waals surface area contributed by atoms with Gasteiger partial charge in [0.05, 0.1) is 16.8 Å². The molecule has 4 nitrogen and oxygen atoms in total. The molecule has 0 fully saturated rings. The van der Waals surface area contributed by atoms with Crippen molar-refractivity contribution in [2.24, 2.45) is 0 Å². The smallest absolute Gasteiger partial charge is 0.335 e. The van der Waals surface area contributed by atoms with E-state index in [0.717, 1.165) is 5.69 Å². The predicted octanol–water partition coefficient (Wildman–Crippen LogP) is 3.02. The van der Waals surface area contributed by atoms with Crippen molar-refractivity contribution in [3.8, 4) is 6.07 Å². The van der Waals surface area contributed by atoms with Gasteiger partial charge in [0, 0.05) is 12.7 Å². The first-order valence-corrected chi connectivity index (χ1v) is 5.69. The lowest BCUT2D eigenvalue weighted by atomic mass is 10.1. The summed E-state index contributed by atoms with van der Waals surface area (Å²) in [6.45, 7) is 0. The summed E-state index contributed by atoms with van der Waals surface area (Å²) in [5, 5.41) is 18.1. The second-order valence-electron chi connectivity index (χ2n) is 4.04. The van der Waals surface area contributed by atoms with E-state index in [1.807, 2.05) is 48.3 Å². The quantitative estimate of drug-likeness (QED) is 0.911. The van der Waals surface area contributed by atoms with E-state index in [-0.39, 0.29) is 5.56 Å². The van der Waals surface area contributed by atoms with Crippen LogP contribution < -0.4 is 4.90 Å². The zero-order valence-corrected chi connectivity index (χ0v) is 10.4. The summed E-state index contributed by atoms with van der Waals surface area (Å²) in [7, 11) is 1.84. The number of anilines is 2. The molecule has 0 aliphatic rings. The number of rotatable bonds is 3. The lowest BCUT2D eigenvalue weighted by molar-refractivity contribution is 0.0697. The van der Waals surface area contributed by atoms with Crippen molar-refractivity contribution in [1.29, 1.82) is 5.26 Å². The molecule has 1 N–H and O–H groups in total. The van der Waals surface area contributed by atoms with Crippen molar-refractivity contribution in [3.63, 3.8) is 0 Å². The summed E-state index contributed by atoms with van der Waals surface area (Å²) in [5.41, 5.74) is 2.06. The lowest BCUT2D eigenvalue weighted by Gasteiger charge is -2.20. The molecule has 19 heavy (non-hydrogen) atoms. The summed E-state index contributed by atoms with van der Waals surface area (Å²) in [4.78, 5) is 12.7. The maximum atomic E-state index is 10.9. The number of nitrogens with zero attached hydrogens (tertiary/aromatic N) is 2. The van der Waals surface area contributed by atoms with Crippen LogP contribution in [0.5, 0.6) is 0 Å². The molecule has 0 heterocycles. The van der Waals surface area contributed by atoms with E-state index < -0.39 is 5.97 Å². The van der Waals surface area contributed by atoms with Crippen LogP contribution in [0.1, 0.15) is 15.9 Å². The highest BCUT2D eigenvalue weighted by molar-refractivity contribution is 5.89. The number of hydrogen-bond donors (Lipinski definition) is 1. The predicted molar refractivity (Wildman–Crippen MR) is 72.6 cm³/mol. The molecule has 0 saturated carbocycles. The molecule has 4 heteroatoms. The fourth-order valence-electron chi connectivity index (χ4n) is 1.84. The molecular formula is C15H12N2O2. The Kier molecular flexibility index (Phi) is 3.48. The molecule has 0 spiro atoms. The minimum absolute atomic E-state index is 0.113. The SMILES string of the molecule is CN(c1ccccc1)c1ccc(C(=O)O)cc1C#N. The Morgan fingerprint density at radius 2 is 1.89 bits per heavy atom. The van der Waals surface area contributed by atoms with Gasteiger partial charge in [-0.2, -0.15) is 5.26 Å². The van der Waals surface area contributed by atoms with Crippen molar-refractivity contribution in [2.45, 2.75) is 0 Å². The molecule has 0 aliphatic carbocycles. The molecule has 94 valence electrons. The summed E-state index contributed by atoms with van der Waals surface area (Å²) in [6.07, 6.45) is 0. The second-order valence-corrected chi connectivity index (χ2v) is 4.04. The largest absolute Gasteiger partial charge is 0.478 e. The molecule has 0 aromatic heterocycles. The van der Waals surface area contributed by atoms with Crippen molar-refractivity contribution >= 4 is 17.3 Å². The van der Waals surface area contributed by atoms with Crippen LogP contribution in [0.15, 0.2) is 48.5 Å². The summed E-state index contributed by atoms with van der Waals surface area (Å²) < 4.78 is 0. The van der Waals surface area contributed by atoms with Gasteiger partial charge >= 0.3 is 5.97 Å². The van der Waals surface area contributed by atoms with E-state index in [2.05, 4.69) is 0 Å². The van der Waals surface area contributed by atoms with Crippen molar-refractivity contribution in [3.05, 3.63) is 59.7 Å².